The van der Waals surface area contributed by atoms with Crippen molar-refractivity contribution in [2.75, 3.05) is 0 Å². The summed E-state index contributed by atoms with van der Waals surface area (Å²) in [6.45, 7) is 2.03. The monoisotopic (exact) mass is 528 g/mol. The summed E-state index contributed by atoms with van der Waals surface area (Å²) in [7, 11) is 0. The van der Waals surface area contributed by atoms with Crippen LogP contribution < -0.4 is 4.74 Å². The first-order valence-electron chi connectivity index (χ1n) is 11.0. The molecule has 0 unspecified atom stereocenters. The molecule has 0 bridgehead atoms. The van der Waals surface area contributed by atoms with E-state index in [0.717, 1.165) is 29.9 Å². The molecule has 1 nitrogen and oxygen atoms in total. The zero-order chi connectivity index (χ0) is 27.1. The minimum absolute atomic E-state index is 0.122. The minimum Gasteiger partial charge on any atom is -0.429 e. The van der Waals surface area contributed by atoms with Gasteiger partial charge in [0.25, 0.3) is 0 Å². The summed E-state index contributed by atoms with van der Waals surface area (Å²) < 4.78 is 129. The fraction of sp³-hybridized carbons (Fsp3) is 0.185. The van der Waals surface area contributed by atoms with Gasteiger partial charge in [0.2, 0.25) is 0 Å². The summed E-state index contributed by atoms with van der Waals surface area (Å²) in [6, 6.07) is 11.5. The van der Waals surface area contributed by atoms with Crippen LogP contribution in [0, 0.1) is 23.3 Å². The van der Waals surface area contributed by atoms with Gasteiger partial charge in [0.1, 0.15) is 28.5 Å². The smallest absolute Gasteiger partial charge is 0.429 e. The zero-order valence-corrected chi connectivity index (χ0v) is 19.0. The quantitative estimate of drug-likeness (QED) is 0.227. The second-order valence-corrected chi connectivity index (χ2v) is 8.31. The van der Waals surface area contributed by atoms with Gasteiger partial charge in [-0.3, -0.25) is 0 Å². The molecule has 194 valence electrons. The summed E-state index contributed by atoms with van der Waals surface area (Å²) in [6.07, 6.45) is -8.31. The number of aryl methyl sites for hydroxylation is 1. The highest BCUT2D eigenvalue weighted by atomic mass is 19.4. The van der Waals surface area contributed by atoms with Crippen molar-refractivity contribution in [2.45, 2.75) is 32.1 Å². The van der Waals surface area contributed by atoms with Gasteiger partial charge in [0.05, 0.1) is 0 Å². The number of alkyl halides is 5. The molecule has 0 aliphatic carbocycles. The molecular weight excluding hydrogens is 511 g/mol. The van der Waals surface area contributed by atoms with Crippen molar-refractivity contribution in [1.29, 1.82) is 0 Å². The Morgan fingerprint density at radius 3 is 1.95 bits per heavy atom. The first-order valence-corrected chi connectivity index (χ1v) is 11.0. The van der Waals surface area contributed by atoms with E-state index in [9.17, 15) is 39.5 Å². The largest absolute Gasteiger partial charge is 0.429 e. The number of ether oxygens (including phenoxy) is 1. The average Bonchev–Trinajstić information content (AvgIpc) is 2.79. The van der Waals surface area contributed by atoms with E-state index in [0.29, 0.717) is 11.5 Å². The van der Waals surface area contributed by atoms with Gasteiger partial charge in [-0.2, -0.15) is 22.0 Å². The highest BCUT2D eigenvalue weighted by molar-refractivity contribution is 5.88. The lowest BCUT2D eigenvalue weighted by Gasteiger charge is -2.20. The first-order chi connectivity index (χ1) is 17.3. The van der Waals surface area contributed by atoms with E-state index in [4.69, 9.17) is 0 Å². The molecule has 0 N–H and O–H groups in total. The SMILES string of the molecule is CCCc1ccc2cc(-c3ccc(C(F)(F)Oc4cc(F)c(C(F)(F)F)c(F)c4)c(F)c3F)ccc2c1. The lowest BCUT2D eigenvalue weighted by molar-refractivity contribution is -0.188. The van der Waals surface area contributed by atoms with Gasteiger partial charge in [-0.05, 0) is 40.5 Å². The molecule has 0 radical (unpaired) electrons. The fourth-order valence-corrected chi connectivity index (χ4v) is 3.99. The van der Waals surface area contributed by atoms with Gasteiger partial charge in [0.15, 0.2) is 11.6 Å². The summed E-state index contributed by atoms with van der Waals surface area (Å²) in [5.74, 6) is -9.40. The van der Waals surface area contributed by atoms with Crippen LogP contribution in [0.1, 0.15) is 30.0 Å². The van der Waals surface area contributed by atoms with Crippen LogP contribution in [0.4, 0.5) is 39.5 Å². The van der Waals surface area contributed by atoms with Crippen LogP contribution in [-0.2, 0) is 18.7 Å². The Morgan fingerprint density at radius 2 is 1.32 bits per heavy atom. The molecule has 37 heavy (non-hydrogen) atoms. The highest BCUT2D eigenvalue weighted by Gasteiger charge is 2.42. The minimum atomic E-state index is -5.43. The van der Waals surface area contributed by atoms with Crippen molar-refractivity contribution in [3.05, 3.63) is 101 Å². The van der Waals surface area contributed by atoms with Crippen LogP contribution in [0.3, 0.4) is 0 Å². The lowest BCUT2D eigenvalue weighted by Crippen LogP contribution is -2.24. The maximum Gasteiger partial charge on any atom is 0.429 e. The summed E-state index contributed by atoms with van der Waals surface area (Å²) in [5, 5.41) is 1.56. The van der Waals surface area contributed by atoms with Crippen LogP contribution in [0.5, 0.6) is 5.75 Å². The van der Waals surface area contributed by atoms with Crippen LogP contribution in [-0.4, -0.2) is 0 Å². The van der Waals surface area contributed by atoms with Crippen molar-refractivity contribution in [1.82, 2.24) is 0 Å². The molecule has 0 saturated carbocycles. The molecule has 10 heteroatoms. The number of hydrogen-bond acceptors (Lipinski definition) is 1. The molecule has 4 aromatic rings. The highest BCUT2D eigenvalue weighted by Crippen LogP contribution is 2.40. The molecule has 0 amide bonds. The molecule has 0 fully saturated rings. The maximum atomic E-state index is 14.9. The fourth-order valence-electron chi connectivity index (χ4n) is 3.99. The van der Waals surface area contributed by atoms with Crippen molar-refractivity contribution >= 4 is 10.8 Å². The van der Waals surface area contributed by atoms with Gasteiger partial charge >= 0.3 is 12.3 Å². The molecule has 0 heterocycles. The second-order valence-electron chi connectivity index (χ2n) is 8.31. The van der Waals surface area contributed by atoms with Gasteiger partial charge in [-0.15, -0.1) is 0 Å². The number of hydrogen-bond donors (Lipinski definition) is 0. The molecule has 0 aliphatic heterocycles. The number of benzene rings is 4. The molecule has 0 saturated heterocycles. The van der Waals surface area contributed by atoms with E-state index in [1.165, 1.54) is 6.07 Å². The predicted molar refractivity (Wildman–Crippen MR) is 119 cm³/mol. The Labute approximate surface area is 205 Å². The third-order valence-electron chi connectivity index (χ3n) is 5.70. The topological polar surface area (TPSA) is 9.23 Å². The zero-order valence-electron chi connectivity index (χ0n) is 19.0. The van der Waals surface area contributed by atoms with Crippen molar-refractivity contribution in [2.24, 2.45) is 0 Å². The van der Waals surface area contributed by atoms with Crippen LogP contribution in [0.15, 0.2) is 60.7 Å². The number of rotatable bonds is 6. The normalized spacial score (nSPS) is 12.3. The summed E-state index contributed by atoms with van der Waals surface area (Å²) >= 11 is 0. The van der Waals surface area contributed by atoms with E-state index in [1.807, 2.05) is 19.1 Å². The van der Waals surface area contributed by atoms with Gasteiger partial charge in [-0.25, -0.2) is 17.6 Å². The third-order valence-corrected chi connectivity index (χ3v) is 5.70. The maximum absolute atomic E-state index is 14.9. The Morgan fingerprint density at radius 1 is 0.703 bits per heavy atom. The average molecular weight is 528 g/mol. The molecule has 4 aromatic carbocycles. The van der Waals surface area contributed by atoms with E-state index in [1.54, 1.807) is 18.2 Å². The van der Waals surface area contributed by atoms with E-state index in [-0.39, 0.29) is 23.3 Å². The molecular formula is C27H17F9O. The number of halogens is 9. The predicted octanol–water partition coefficient (Wildman–Crippen LogP) is 9.16. The van der Waals surface area contributed by atoms with Crippen LogP contribution in [0.2, 0.25) is 0 Å². The van der Waals surface area contributed by atoms with E-state index < -0.39 is 52.4 Å². The molecule has 0 atom stereocenters. The molecule has 0 spiro atoms. The molecule has 0 aromatic heterocycles. The Kier molecular flexibility index (Phi) is 6.87. The first kappa shape index (κ1) is 26.4. The third kappa shape index (κ3) is 5.23. The van der Waals surface area contributed by atoms with E-state index >= 15 is 0 Å². The number of fused-ring (bicyclic) bond motifs is 1. The second kappa shape index (κ2) is 9.64. The Hall–Kier alpha value is -3.69. The Bertz CT molecular complexity index is 1450. The van der Waals surface area contributed by atoms with Crippen molar-refractivity contribution in [3.63, 3.8) is 0 Å². The standard InChI is InChI=1S/C27H17F9O/c1-2-3-14-4-5-16-11-17(7-6-15(16)10-14)19-8-9-20(25(31)24(19)30)27(35,36)37-18-12-21(28)23(22(29)13-18)26(32,33)34/h4-13H,2-3H2,1H3. The lowest BCUT2D eigenvalue weighted by atomic mass is 9.97. The summed E-state index contributed by atoms with van der Waals surface area (Å²) in [5.41, 5.74) is -2.95. The summed E-state index contributed by atoms with van der Waals surface area (Å²) in [4.78, 5) is 0. The van der Waals surface area contributed by atoms with Gasteiger partial charge in [-0.1, -0.05) is 49.7 Å². The Balaban J connectivity index is 1.67. The molecule has 0 aliphatic rings. The van der Waals surface area contributed by atoms with E-state index in [2.05, 4.69) is 4.74 Å². The molecule has 4 rings (SSSR count). The van der Waals surface area contributed by atoms with Crippen molar-refractivity contribution < 1.29 is 44.3 Å². The van der Waals surface area contributed by atoms with Gasteiger partial charge < -0.3 is 4.74 Å². The van der Waals surface area contributed by atoms with Crippen molar-refractivity contribution in [3.8, 4) is 16.9 Å². The van der Waals surface area contributed by atoms with Crippen LogP contribution in [0.25, 0.3) is 21.9 Å². The van der Waals surface area contributed by atoms with Gasteiger partial charge in [0, 0.05) is 17.7 Å². The van der Waals surface area contributed by atoms with Crippen LogP contribution >= 0.6 is 0 Å².